The first kappa shape index (κ1) is 15.9. The highest BCUT2D eigenvalue weighted by Crippen LogP contribution is 2.32. The van der Waals surface area contributed by atoms with Gasteiger partial charge < -0.3 is 23.5 Å². The van der Waals surface area contributed by atoms with E-state index >= 15 is 0 Å². The van der Waals surface area contributed by atoms with Crippen LogP contribution < -0.4 is 9.64 Å². The molecule has 8 nitrogen and oxygen atoms in total. The lowest BCUT2D eigenvalue weighted by atomic mass is 10.1. The highest BCUT2D eigenvalue weighted by atomic mass is 16.9. The minimum Gasteiger partial charge on any atom is -0.474 e. The van der Waals surface area contributed by atoms with Crippen LogP contribution in [0, 0.1) is 11.3 Å². The molecule has 4 rings (SSSR count). The Bertz CT molecular complexity index is 756. The molecular formula is C17H18N4O4. The maximum atomic E-state index is 8.79. The van der Waals surface area contributed by atoms with E-state index < -0.39 is 6.29 Å². The summed E-state index contributed by atoms with van der Waals surface area (Å²) in [5, 5.41) is 8.79. The summed E-state index contributed by atoms with van der Waals surface area (Å²) in [6.07, 6.45) is 4.26. The minimum absolute atomic E-state index is 0.0882. The number of piperidine rings is 1. The molecule has 0 saturated carbocycles. The molecule has 8 heteroatoms. The number of nitrogens with zero attached hydrogens (tertiary/aromatic N) is 4. The van der Waals surface area contributed by atoms with Gasteiger partial charge >= 0.3 is 0 Å². The van der Waals surface area contributed by atoms with Gasteiger partial charge in [0.1, 0.15) is 24.1 Å². The largest absolute Gasteiger partial charge is 0.474 e. The van der Waals surface area contributed by atoms with Gasteiger partial charge in [0.05, 0.1) is 5.56 Å². The van der Waals surface area contributed by atoms with Crippen molar-refractivity contribution < 1.29 is 18.6 Å². The molecule has 2 aromatic heterocycles. The zero-order chi connectivity index (χ0) is 17.2. The van der Waals surface area contributed by atoms with Crippen molar-refractivity contribution in [3.63, 3.8) is 0 Å². The Morgan fingerprint density at radius 1 is 1.28 bits per heavy atom. The van der Waals surface area contributed by atoms with Crippen LogP contribution in [0.1, 0.15) is 37.3 Å². The smallest absolute Gasteiger partial charge is 0.297 e. The van der Waals surface area contributed by atoms with Crippen molar-refractivity contribution in [1.29, 1.82) is 5.26 Å². The number of aromatic nitrogens is 2. The molecule has 25 heavy (non-hydrogen) atoms. The Balaban J connectivity index is 1.30. The zero-order valence-electron chi connectivity index (χ0n) is 13.8. The Kier molecular flexibility index (Phi) is 4.26. The number of anilines is 1. The van der Waals surface area contributed by atoms with E-state index in [-0.39, 0.29) is 12.4 Å². The van der Waals surface area contributed by atoms with Gasteiger partial charge in [0.2, 0.25) is 12.2 Å². The molecule has 2 aliphatic rings. The average Bonchev–Trinajstić information content (AvgIpc) is 3.10. The van der Waals surface area contributed by atoms with E-state index in [4.69, 9.17) is 23.9 Å². The van der Waals surface area contributed by atoms with Crippen LogP contribution in [0.4, 0.5) is 6.01 Å². The quantitative estimate of drug-likeness (QED) is 0.836. The summed E-state index contributed by atoms with van der Waals surface area (Å²) >= 11 is 0. The van der Waals surface area contributed by atoms with E-state index in [2.05, 4.69) is 14.9 Å². The highest BCUT2D eigenvalue weighted by Gasteiger charge is 2.32. The number of hydrogen-bond acceptors (Lipinski definition) is 8. The number of rotatable bonds is 4. The molecule has 2 fully saturated rings. The van der Waals surface area contributed by atoms with Crippen molar-refractivity contribution in [2.24, 2.45) is 0 Å². The van der Waals surface area contributed by atoms with Gasteiger partial charge in [-0.15, -0.1) is 0 Å². The van der Waals surface area contributed by atoms with Crippen LogP contribution in [-0.4, -0.2) is 35.5 Å². The Morgan fingerprint density at radius 3 is 2.72 bits per heavy atom. The summed E-state index contributed by atoms with van der Waals surface area (Å²) in [5.74, 6) is 0.546. The van der Waals surface area contributed by atoms with Crippen molar-refractivity contribution >= 4 is 6.01 Å². The van der Waals surface area contributed by atoms with Crippen molar-refractivity contribution in [1.82, 2.24) is 9.97 Å². The lowest BCUT2D eigenvalue weighted by Gasteiger charge is -2.32. The molecule has 0 amide bonds. The number of hydrogen-bond donors (Lipinski definition) is 0. The van der Waals surface area contributed by atoms with E-state index in [1.54, 1.807) is 18.4 Å². The number of ether oxygens (including phenoxy) is 3. The Labute approximate surface area is 144 Å². The molecule has 0 spiro atoms. The molecular weight excluding hydrogens is 324 g/mol. The molecule has 2 saturated heterocycles. The fourth-order valence-electron chi connectivity index (χ4n) is 2.88. The summed E-state index contributed by atoms with van der Waals surface area (Å²) < 4.78 is 22.3. The van der Waals surface area contributed by atoms with Gasteiger partial charge in [-0.1, -0.05) is 0 Å². The molecule has 0 radical (unpaired) electrons. The van der Waals surface area contributed by atoms with Crippen LogP contribution in [0.3, 0.4) is 0 Å². The topological polar surface area (TPSA) is 93.6 Å². The van der Waals surface area contributed by atoms with Crippen LogP contribution in [0.25, 0.3) is 0 Å². The summed E-state index contributed by atoms with van der Waals surface area (Å²) in [6.45, 7) is 3.40. The lowest BCUT2D eigenvalue weighted by Crippen LogP contribution is -2.38. The van der Waals surface area contributed by atoms with Crippen LogP contribution in [-0.2, 0) is 9.47 Å². The van der Waals surface area contributed by atoms with E-state index in [9.17, 15) is 0 Å². The van der Waals surface area contributed by atoms with Gasteiger partial charge in [-0.3, -0.25) is 0 Å². The van der Waals surface area contributed by atoms with E-state index in [0.717, 1.165) is 25.9 Å². The SMILES string of the molecule is CC1OC(c2coc(N3CCC(Oc4ccc(C#N)cn4)CC3)n2)O1. The molecule has 130 valence electrons. The van der Waals surface area contributed by atoms with Crippen molar-refractivity contribution in [3.8, 4) is 11.9 Å². The molecule has 0 N–H and O–H groups in total. The molecule has 4 heterocycles. The van der Waals surface area contributed by atoms with Crippen molar-refractivity contribution in [2.75, 3.05) is 18.0 Å². The van der Waals surface area contributed by atoms with E-state index in [1.165, 1.54) is 6.20 Å². The molecule has 0 unspecified atom stereocenters. The van der Waals surface area contributed by atoms with Crippen LogP contribution in [0.15, 0.2) is 29.0 Å². The molecule has 2 aromatic rings. The second kappa shape index (κ2) is 6.70. The third-order valence-corrected chi connectivity index (χ3v) is 4.25. The average molecular weight is 342 g/mol. The first-order chi connectivity index (χ1) is 12.2. The van der Waals surface area contributed by atoms with Gasteiger partial charge in [-0.25, -0.2) is 4.98 Å². The second-order valence-electron chi connectivity index (χ2n) is 6.03. The number of nitriles is 1. The van der Waals surface area contributed by atoms with Crippen molar-refractivity contribution in [3.05, 3.63) is 35.9 Å². The minimum atomic E-state index is -0.421. The Hall–Kier alpha value is -2.63. The monoisotopic (exact) mass is 342 g/mol. The predicted octanol–water partition coefficient (Wildman–Crippen LogP) is 2.38. The van der Waals surface area contributed by atoms with Crippen molar-refractivity contribution in [2.45, 2.75) is 38.4 Å². The first-order valence-corrected chi connectivity index (χ1v) is 8.25. The summed E-state index contributed by atoms with van der Waals surface area (Å²) in [7, 11) is 0. The summed E-state index contributed by atoms with van der Waals surface area (Å²) in [5.41, 5.74) is 1.18. The number of pyridine rings is 1. The van der Waals surface area contributed by atoms with Gasteiger partial charge in [0, 0.05) is 38.2 Å². The maximum Gasteiger partial charge on any atom is 0.297 e. The standard InChI is InChI=1S/C17H18N4O4/c1-11-23-16(24-11)14-10-22-17(20-14)21-6-4-13(5-7-21)25-15-3-2-12(8-18)9-19-15/h2-3,9-11,13,16H,4-7H2,1H3. The van der Waals surface area contributed by atoms with Gasteiger partial charge in [-0.2, -0.15) is 10.2 Å². The second-order valence-corrected chi connectivity index (χ2v) is 6.03. The highest BCUT2D eigenvalue weighted by molar-refractivity contribution is 5.29. The van der Waals surface area contributed by atoms with Crippen LogP contribution >= 0.6 is 0 Å². The lowest BCUT2D eigenvalue weighted by molar-refractivity contribution is -0.383. The zero-order valence-corrected chi connectivity index (χ0v) is 13.8. The fourth-order valence-corrected chi connectivity index (χ4v) is 2.88. The van der Waals surface area contributed by atoms with Gasteiger partial charge in [0.15, 0.2) is 6.29 Å². The molecule has 0 aliphatic carbocycles. The van der Waals surface area contributed by atoms with Gasteiger partial charge in [-0.05, 0) is 13.0 Å². The normalized spacial score (nSPS) is 23.8. The first-order valence-electron chi connectivity index (χ1n) is 8.25. The molecule has 2 aliphatic heterocycles. The Morgan fingerprint density at radius 2 is 2.08 bits per heavy atom. The maximum absolute atomic E-state index is 8.79. The molecule has 0 bridgehead atoms. The predicted molar refractivity (Wildman–Crippen MR) is 85.7 cm³/mol. The number of oxazole rings is 1. The summed E-state index contributed by atoms with van der Waals surface area (Å²) in [4.78, 5) is 10.7. The third kappa shape index (κ3) is 3.43. The van der Waals surface area contributed by atoms with E-state index in [0.29, 0.717) is 23.2 Å². The van der Waals surface area contributed by atoms with Crippen LogP contribution in [0.2, 0.25) is 0 Å². The van der Waals surface area contributed by atoms with Crippen LogP contribution in [0.5, 0.6) is 5.88 Å². The summed E-state index contributed by atoms with van der Waals surface area (Å²) in [6, 6.07) is 6.06. The molecule has 0 atom stereocenters. The fraction of sp³-hybridized carbons (Fsp3) is 0.471. The van der Waals surface area contributed by atoms with Gasteiger partial charge in [0.25, 0.3) is 6.01 Å². The molecule has 0 aromatic carbocycles. The third-order valence-electron chi connectivity index (χ3n) is 4.25. The van der Waals surface area contributed by atoms with E-state index in [1.807, 2.05) is 13.0 Å².